The highest BCUT2D eigenvalue weighted by molar-refractivity contribution is 5.82. The lowest BCUT2D eigenvalue weighted by Crippen LogP contribution is -2.61. The molecule has 1 saturated carbocycles. The maximum atomic E-state index is 12.5. The van der Waals surface area contributed by atoms with Gasteiger partial charge in [0.15, 0.2) is 0 Å². The Bertz CT molecular complexity index is 322. The number of carbonyl (C=O) groups excluding carboxylic acids is 1. The average molecular weight is 282 g/mol. The zero-order valence-corrected chi connectivity index (χ0v) is 13.3. The number of hydrogen-bond donors (Lipinski definition) is 1. The van der Waals surface area contributed by atoms with Crippen molar-refractivity contribution in [3.05, 3.63) is 0 Å². The van der Waals surface area contributed by atoms with Crippen LogP contribution in [0.15, 0.2) is 0 Å². The maximum absolute atomic E-state index is 12.5. The van der Waals surface area contributed by atoms with Gasteiger partial charge in [-0.15, -0.1) is 0 Å². The van der Waals surface area contributed by atoms with Crippen molar-refractivity contribution in [3.63, 3.8) is 0 Å². The molecular weight excluding hydrogens is 252 g/mol. The molecule has 1 N–H and O–H groups in total. The molecule has 0 aromatic heterocycles. The van der Waals surface area contributed by atoms with Gasteiger partial charge in [0, 0.05) is 6.54 Å². The minimum atomic E-state index is -0.477. The lowest BCUT2D eigenvalue weighted by Gasteiger charge is -2.39. The van der Waals surface area contributed by atoms with Gasteiger partial charge in [-0.2, -0.15) is 0 Å². The van der Waals surface area contributed by atoms with Crippen LogP contribution in [-0.2, 0) is 9.53 Å². The quantitative estimate of drug-likeness (QED) is 0.726. The van der Waals surface area contributed by atoms with Crippen LogP contribution in [-0.4, -0.2) is 49.7 Å². The molecule has 0 bridgehead atoms. The van der Waals surface area contributed by atoms with Crippen molar-refractivity contribution in [2.24, 2.45) is 11.8 Å². The van der Waals surface area contributed by atoms with E-state index < -0.39 is 5.54 Å². The van der Waals surface area contributed by atoms with Gasteiger partial charge < -0.3 is 15.0 Å². The van der Waals surface area contributed by atoms with E-state index >= 15 is 0 Å². The molecule has 1 aliphatic carbocycles. The Kier molecular flexibility index (Phi) is 5.44. The van der Waals surface area contributed by atoms with E-state index in [1.807, 2.05) is 14.0 Å². The van der Waals surface area contributed by atoms with Crippen LogP contribution in [0.5, 0.6) is 0 Å². The molecule has 1 atom stereocenters. The Hall–Kier alpha value is -0.610. The molecule has 20 heavy (non-hydrogen) atoms. The van der Waals surface area contributed by atoms with Gasteiger partial charge in [-0.25, -0.2) is 4.79 Å². The fraction of sp³-hybridized carbons (Fsp3) is 0.938. The number of esters is 1. The lowest BCUT2D eigenvalue weighted by atomic mass is 9.89. The van der Waals surface area contributed by atoms with Crippen LogP contribution in [0, 0.1) is 11.8 Å². The summed E-state index contributed by atoms with van der Waals surface area (Å²) in [5, 5.41) is 3.32. The SMILES string of the molecule is CCOC(=O)C(CN1CCC(CC)CC1)(NC)C1CC1. The van der Waals surface area contributed by atoms with Gasteiger partial charge in [0.2, 0.25) is 0 Å². The average Bonchev–Trinajstić information content (AvgIpc) is 3.30. The second-order valence-corrected chi connectivity index (χ2v) is 6.34. The van der Waals surface area contributed by atoms with Crippen LogP contribution in [0.25, 0.3) is 0 Å². The highest BCUT2D eigenvalue weighted by atomic mass is 16.5. The molecule has 2 rings (SSSR count). The molecule has 0 radical (unpaired) electrons. The third kappa shape index (κ3) is 3.34. The molecule has 1 saturated heterocycles. The van der Waals surface area contributed by atoms with Crippen LogP contribution in [0.4, 0.5) is 0 Å². The van der Waals surface area contributed by atoms with E-state index in [1.165, 1.54) is 19.3 Å². The van der Waals surface area contributed by atoms with E-state index in [1.54, 1.807) is 0 Å². The number of likely N-dealkylation sites (N-methyl/N-ethyl adjacent to an activating group) is 1. The van der Waals surface area contributed by atoms with Gasteiger partial charge in [-0.3, -0.25) is 0 Å². The highest BCUT2D eigenvalue weighted by Gasteiger charge is 2.52. The second-order valence-electron chi connectivity index (χ2n) is 6.34. The van der Waals surface area contributed by atoms with Crippen molar-refractivity contribution in [2.45, 2.75) is 51.5 Å². The summed E-state index contributed by atoms with van der Waals surface area (Å²) in [6.45, 7) is 7.68. The fourth-order valence-electron chi connectivity index (χ4n) is 3.49. The van der Waals surface area contributed by atoms with Crippen LogP contribution in [0.3, 0.4) is 0 Å². The summed E-state index contributed by atoms with van der Waals surface area (Å²) in [5.41, 5.74) is -0.477. The second kappa shape index (κ2) is 6.90. The number of nitrogens with zero attached hydrogens (tertiary/aromatic N) is 1. The number of hydrogen-bond acceptors (Lipinski definition) is 4. The lowest BCUT2D eigenvalue weighted by molar-refractivity contribution is -0.153. The Morgan fingerprint density at radius 1 is 1.25 bits per heavy atom. The molecule has 116 valence electrons. The number of piperidine rings is 1. The Labute approximate surface area is 123 Å². The van der Waals surface area contributed by atoms with E-state index in [2.05, 4.69) is 17.1 Å². The van der Waals surface area contributed by atoms with E-state index in [9.17, 15) is 4.79 Å². The van der Waals surface area contributed by atoms with E-state index in [0.717, 1.165) is 38.4 Å². The van der Waals surface area contributed by atoms with Crippen molar-refractivity contribution < 1.29 is 9.53 Å². The van der Waals surface area contributed by atoms with Crippen LogP contribution < -0.4 is 5.32 Å². The van der Waals surface area contributed by atoms with E-state index in [-0.39, 0.29) is 5.97 Å². The minimum absolute atomic E-state index is 0.0531. The molecule has 0 amide bonds. The van der Waals surface area contributed by atoms with Crippen LogP contribution in [0.2, 0.25) is 0 Å². The van der Waals surface area contributed by atoms with E-state index in [0.29, 0.717) is 12.5 Å². The van der Waals surface area contributed by atoms with Gasteiger partial charge in [0.1, 0.15) is 5.54 Å². The first-order chi connectivity index (χ1) is 9.66. The molecule has 4 heteroatoms. The van der Waals surface area contributed by atoms with Gasteiger partial charge in [0.05, 0.1) is 6.61 Å². The summed E-state index contributed by atoms with van der Waals surface area (Å²) in [6.07, 6.45) is 6.11. The van der Waals surface area contributed by atoms with Crippen molar-refractivity contribution >= 4 is 5.97 Å². The predicted octanol–water partition coefficient (Wildman–Crippen LogP) is 2.04. The molecule has 4 nitrogen and oxygen atoms in total. The van der Waals surface area contributed by atoms with Gasteiger partial charge in [-0.05, 0) is 64.6 Å². The predicted molar refractivity (Wildman–Crippen MR) is 80.6 cm³/mol. The number of ether oxygens (including phenoxy) is 1. The summed E-state index contributed by atoms with van der Waals surface area (Å²) in [5.74, 6) is 1.27. The fourth-order valence-corrected chi connectivity index (χ4v) is 3.49. The molecule has 1 unspecified atom stereocenters. The zero-order valence-electron chi connectivity index (χ0n) is 13.3. The number of likely N-dealkylation sites (tertiary alicyclic amines) is 1. The summed E-state index contributed by atoms with van der Waals surface area (Å²) < 4.78 is 5.36. The largest absolute Gasteiger partial charge is 0.465 e. The first kappa shape index (κ1) is 15.8. The van der Waals surface area contributed by atoms with Crippen LogP contribution in [0.1, 0.15) is 46.0 Å². The third-order valence-corrected chi connectivity index (χ3v) is 5.12. The number of carbonyl (C=O) groups is 1. The Morgan fingerprint density at radius 2 is 1.90 bits per heavy atom. The molecule has 2 aliphatic rings. The van der Waals surface area contributed by atoms with Crippen molar-refractivity contribution in [1.82, 2.24) is 10.2 Å². The van der Waals surface area contributed by atoms with Gasteiger partial charge in [0.25, 0.3) is 0 Å². The standard InChI is InChI=1S/C16H30N2O2/c1-4-13-8-10-18(11-9-13)12-16(17-3,14-6-7-14)15(19)20-5-2/h13-14,17H,4-12H2,1-3H3. The first-order valence-corrected chi connectivity index (χ1v) is 8.24. The van der Waals surface area contributed by atoms with Crippen molar-refractivity contribution in [3.8, 4) is 0 Å². The molecular formula is C16H30N2O2. The minimum Gasteiger partial charge on any atom is -0.465 e. The van der Waals surface area contributed by atoms with Gasteiger partial charge in [-0.1, -0.05) is 13.3 Å². The summed E-state index contributed by atoms with van der Waals surface area (Å²) >= 11 is 0. The van der Waals surface area contributed by atoms with Gasteiger partial charge >= 0.3 is 5.97 Å². The smallest absolute Gasteiger partial charge is 0.327 e. The van der Waals surface area contributed by atoms with E-state index in [4.69, 9.17) is 4.74 Å². The molecule has 1 aliphatic heterocycles. The van der Waals surface area contributed by atoms with Crippen molar-refractivity contribution in [2.75, 3.05) is 33.3 Å². The zero-order chi connectivity index (χ0) is 14.6. The van der Waals surface area contributed by atoms with Crippen LogP contribution >= 0.6 is 0 Å². The normalized spacial score (nSPS) is 24.4. The number of nitrogens with one attached hydrogen (secondary N) is 1. The maximum Gasteiger partial charge on any atom is 0.327 e. The molecule has 0 aromatic carbocycles. The Balaban J connectivity index is 1.99. The molecule has 1 heterocycles. The summed E-state index contributed by atoms with van der Waals surface area (Å²) in [4.78, 5) is 14.9. The number of rotatable bonds is 7. The monoisotopic (exact) mass is 282 g/mol. The third-order valence-electron chi connectivity index (χ3n) is 5.12. The topological polar surface area (TPSA) is 41.6 Å². The molecule has 0 aromatic rings. The Morgan fingerprint density at radius 3 is 2.35 bits per heavy atom. The summed E-state index contributed by atoms with van der Waals surface area (Å²) in [6, 6.07) is 0. The summed E-state index contributed by atoms with van der Waals surface area (Å²) in [7, 11) is 1.91. The van der Waals surface area contributed by atoms with Crippen molar-refractivity contribution in [1.29, 1.82) is 0 Å². The highest BCUT2D eigenvalue weighted by Crippen LogP contribution is 2.41. The molecule has 0 spiro atoms. The first-order valence-electron chi connectivity index (χ1n) is 8.24. The molecule has 2 fully saturated rings.